The van der Waals surface area contributed by atoms with E-state index in [9.17, 15) is 4.79 Å². The Kier molecular flexibility index (Phi) is 5.34. The van der Waals surface area contributed by atoms with Crippen molar-refractivity contribution in [3.8, 4) is 0 Å². The first-order chi connectivity index (χ1) is 12.1. The van der Waals surface area contributed by atoms with Gasteiger partial charge in [0, 0.05) is 30.9 Å². The molecule has 0 aliphatic carbocycles. The molecule has 0 spiro atoms. The Balaban J connectivity index is 1.51. The van der Waals surface area contributed by atoms with Gasteiger partial charge in [-0.15, -0.1) is 0 Å². The first kappa shape index (κ1) is 17.0. The predicted molar refractivity (Wildman–Crippen MR) is 105 cm³/mol. The van der Waals surface area contributed by atoms with Gasteiger partial charge in [0.25, 0.3) is 0 Å². The molecule has 0 saturated heterocycles. The molecular formula is C22H24N2O. The number of carbonyl (C=O) groups is 1. The molecule has 0 aliphatic heterocycles. The zero-order chi connectivity index (χ0) is 17.6. The SMILES string of the molecule is CC(C)c1ccc(/C=C/C(=O)NCCn2ccc3ccccc32)cc1. The van der Waals surface area contributed by atoms with E-state index in [4.69, 9.17) is 0 Å². The van der Waals surface area contributed by atoms with Gasteiger partial charge in [0.1, 0.15) is 0 Å². The van der Waals surface area contributed by atoms with Gasteiger partial charge in [0.15, 0.2) is 0 Å². The van der Waals surface area contributed by atoms with E-state index in [1.54, 1.807) is 6.08 Å². The molecule has 1 heterocycles. The summed E-state index contributed by atoms with van der Waals surface area (Å²) < 4.78 is 2.16. The van der Waals surface area contributed by atoms with Gasteiger partial charge < -0.3 is 9.88 Å². The van der Waals surface area contributed by atoms with Crippen molar-refractivity contribution >= 4 is 22.9 Å². The summed E-state index contributed by atoms with van der Waals surface area (Å²) in [6, 6.07) is 18.7. The lowest BCUT2D eigenvalue weighted by molar-refractivity contribution is -0.116. The number of hydrogen-bond acceptors (Lipinski definition) is 1. The minimum absolute atomic E-state index is 0.0654. The number of nitrogens with one attached hydrogen (secondary N) is 1. The third kappa shape index (κ3) is 4.38. The molecule has 0 fully saturated rings. The fourth-order valence-corrected chi connectivity index (χ4v) is 2.86. The van der Waals surface area contributed by atoms with Crippen molar-refractivity contribution in [2.45, 2.75) is 26.3 Å². The topological polar surface area (TPSA) is 34.0 Å². The van der Waals surface area contributed by atoms with Crippen LogP contribution in [0.3, 0.4) is 0 Å². The van der Waals surface area contributed by atoms with Gasteiger partial charge in [-0.05, 0) is 40.6 Å². The number of hydrogen-bond donors (Lipinski definition) is 1. The van der Waals surface area contributed by atoms with Crippen LogP contribution in [0.15, 0.2) is 66.9 Å². The van der Waals surface area contributed by atoms with Crippen LogP contribution in [-0.4, -0.2) is 17.0 Å². The highest BCUT2D eigenvalue weighted by atomic mass is 16.1. The Morgan fingerprint density at radius 1 is 1.08 bits per heavy atom. The second-order valence-corrected chi connectivity index (χ2v) is 6.51. The van der Waals surface area contributed by atoms with E-state index in [-0.39, 0.29) is 5.91 Å². The number of fused-ring (bicyclic) bond motifs is 1. The number of rotatable bonds is 6. The quantitative estimate of drug-likeness (QED) is 0.658. The normalized spacial score (nSPS) is 11.5. The van der Waals surface area contributed by atoms with Crippen LogP contribution < -0.4 is 5.32 Å². The Labute approximate surface area is 149 Å². The fourth-order valence-electron chi connectivity index (χ4n) is 2.86. The summed E-state index contributed by atoms with van der Waals surface area (Å²) in [4.78, 5) is 12.0. The monoisotopic (exact) mass is 332 g/mol. The van der Waals surface area contributed by atoms with Crippen LogP contribution in [0.25, 0.3) is 17.0 Å². The molecule has 2 aromatic carbocycles. The highest BCUT2D eigenvalue weighted by Gasteiger charge is 2.01. The molecular weight excluding hydrogens is 308 g/mol. The molecule has 0 radical (unpaired) electrons. The van der Waals surface area contributed by atoms with Crippen molar-refractivity contribution in [3.63, 3.8) is 0 Å². The second-order valence-electron chi connectivity index (χ2n) is 6.51. The summed E-state index contributed by atoms with van der Waals surface area (Å²) in [7, 11) is 0. The number of amides is 1. The summed E-state index contributed by atoms with van der Waals surface area (Å²) >= 11 is 0. The molecule has 3 rings (SSSR count). The van der Waals surface area contributed by atoms with Crippen molar-refractivity contribution in [2.24, 2.45) is 0 Å². The van der Waals surface area contributed by atoms with Crippen molar-refractivity contribution in [3.05, 3.63) is 78.0 Å². The summed E-state index contributed by atoms with van der Waals surface area (Å²) in [6.07, 6.45) is 5.51. The molecule has 1 N–H and O–H groups in total. The van der Waals surface area contributed by atoms with Crippen LogP contribution in [0.2, 0.25) is 0 Å². The first-order valence-electron chi connectivity index (χ1n) is 8.73. The third-order valence-electron chi connectivity index (χ3n) is 4.36. The zero-order valence-electron chi connectivity index (χ0n) is 14.8. The highest BCUT2D eigenvalue weighted by Crippen LogP contribution is 2.15. The molecule has 0 unspecified atom stereocenters. The van der Waals surface area contributed by atoms with Gasteiger partial charge in [-0.1, -0.05) is 56.3 Å². The van der Waals surface area contributed by atoms with Crippen molar-refractivity contribution in [1.29, 1.82) is 0 Å². The molecule has 3 aromatic rings. The fraction of sp³-hybridized carbons (Fsp3) is 0.227. The largest absolute Gasteiger partial charge is 0.351 e. The molecule has 128 valence electrons. The smallest absolute Gasteiger partial charge is 0.244 e. The van der Waals surface area contributed by atoms with E-state index in [1.807, 2.05) is 30.3 Å². The Hall–Kier alpha value is -2.81. The third-order valence-corrected chi connectivity index (χ3v) is 4.36. The Morgan fingerprint density at radius 2 is 1.84 bits per heavy atom. The zero-order valence-corrected chi connectivity index (χ0v) is 14.8. The number of para-hydroxylation sites is 1. The number of benzene rings is 2. The molecule has 25 heavy (non-hydrogen) atoms. The lowest BCUT2D eigenvalue weighted by Gasteiger charge is -2.06. The maximum absolute atomic E-state index is 12.0. The number of nitrogens with zero attached hydrogens (tertiary/aromatic N) is 1. The summed E-state index contributed by atoms with van der Waals surface area (Å²) in [6.45, 7) is 5.71. The lowest BCUT2D eigenvalue weighted by Crippen LogP contribution is -2.25. The van der Waals surface area contributed by atoms with E-state index >= 15 is 0 Å². The average Bonchev–Trinajstić information content (AvgIpc) is 3.04. The van der Waals surface area contributed by atoms with E-state index in [0.29, 0.717) is 12.5 Å². The van der Waals surface area contributed by atoms with Gasteiger partial charge in [-0.2, -0.15) is 0 Å². The first-order valence-corrected chi connectivity index (χ1v) is 8.73. The van der Waals surface area contributed by atoms with Gasteiger partial charge in [-0.25, -0.2) is 0 Å². The maximum atomic E-state index is 12.0. The molecule has 1 aromatic heterocycles. The molecule has 0 saturated carbocycles. The standard InChI is InChI=1S/C22H24N2O/c1-17(2)19-10-7-18(8-11-19)9-12-22(25)23-14-16-24-15-13-20-5-3-4-6-21(20)24/h3-13,15,17H,14,16H2,1-2H3,(H,23,25)/b12-9+. The van der Waals surface area contributed by atoms with E-state index in [1.165, 1.54) is 16.5 Å². The van der Waals surface area contributed by atoms with E-state index < -0.39 is 0 Å². The molecule has 0 aliphatic rings. The van der Waals surface area contributed by atoms with Gasteiger partial charge in [0.2, 0.25) is 5.91 Å². The van der Waals surface area contributed by atoms with Crippen LogP contribution >= 0.6 is 0 Å². The van der Waals surface area contributed by atoms with Crippen LogP contribution in [-0.2, 0) is 11.3 Å². The van der Waals surface area contributed by atoms with Crippen molar-refractivity contribution < 1.29 is 4.79 Å². The van der Waals surface area contributed by atoms with Crippen molar-refractivity contribution in [1.82, 2.24) is 9.88 Å². The van der Waals surface area contributed by atoms with Crippen LogP contribution in [0, 0.1) is 0 Å². The average molecular weight is 332 g/mol. The minimum atomic E-state index is -0.0654. The molecule has 0 bridgehead atoms. The second kappa shape index (κ2) is 7.84. The van der Waals surface area contributed by atoms with Gasteiger partial charge >= 0.3 is 0 Å². The number of aromatic nitrogens is 1. The van der Waals surface area contributed by atoms with Crippen LogP contribution in [0.5, 0.6) is 0 Å². The van der Waals surface area contributed by atoms with E-state index in [2.05, 4.69) is 60.3 Å². The summed E-state index contributed by atoms with van der Waals surface area (Å²) in [5.41, 5.74) is 3.54. The van der Waals surface area contributed by atoms with Gasteiger partial charge in [-0.3, -0.25) is 4.79 Å². The van der Waals surface area contributed by atoms with Crippen LogP contribution in [0.4, 0.5) is 0 Å². The van der Waals surface area contributed by atoms with E-state index in [0.717, 1.165) is 12.1 Å². The molecule has 3 heteroatoms. The van der Waals surface area contributed by atoms with Gasteiger partial charge in [0.05, 0.1) is 0 Å². The van der Waals surface area contributed by atoms with Crippen molar-refractivity contribution in [2.75, 3.05) is 6.54 Å². The molecule has 1 amide bonds. The summed E-state index contributed by atoms with van der Waals surface area (Å²) in [5.74, 6) is 0.454. The highest BCUT2D eigenvalue weighted by molar-refractivity contribution is 5.91. The lowest BCUT2D eigenvalue weighted by atomic mass is 10.0. The maximum Gasteiger partial charge on any atom is 0.244 e. The Bertz CT molecular complexity index is 872. The minimum Gasteiger partial charge on any atom is -0.351 e. The molecule has 0 atom stereocenters. The number of carbonyl (C=O) groups excluding carboxylic acids is 1. The van der Waals surface area contributed by atoms with Crippen LogP contribution in [0.1, 0.15) is 30.9 Å². The predicted octanol–water partition coefficient (Wildman–Crippen LogP) is 4.59. The Morgan fingerprint density at radius 3 is 2.60 bits per heavy atom. The summed E-state index contributed by atoms with van der Waals surface area (Å²) in [5, 5.41) is 4.16. The molecule has 3 nitrogen and oxygen atoms in total.